The van der Waals surface area contributed by atoms with Crippen molar-refractivity contribution in [3.63, 3.8) is 0 Å². The molecule has 2 rings (SSSR count). The highest BCUT2D eigenvalue weighted by Gasteiger charge is 2.23. The minimum absolute atomic E-state index is 0.0534. The van der Waals surface area contributed by atoms with E-state index in [1.807, 2.05) is 6.07 Å². The maximum Gasteiger partial charge on any atom is 0.254 e. The van der Waals surface area contributed by atoms with Gasteiger partial charge in [-0.3, -0.25) is 9.59 Å². The monoisotopic (exact) mass is 257 g/mol. The van der Waals surface area contributed by atoms with Crippen LogP contribution in [0.1, 0.15) is 22.3 Å². The molecule has 2 amide bonds. The van der Waals surface area contributed by atoms with Crippen molar-refractivity contribution in [2.75, 3.05) is 26.7 Å². The molecule has 1 aliphatic heterocycles. The highest BCUT2D eigenvalue weighted by atomic mass is 16.2. The molecule has 0 radical (unpaired) electrons. The van der Waals surface area contributed by atoms with Gasteiger partial charge in [0.2, 0.25) is 5.91 Å². The number of carbonyl (C=O) groups excluding carboxylic acids is 2. The van der Waals surface area contributed by atoms with Crippen LogP contribution in [0.5, 0.6) is 0 Å². The highest BCUT2D eigenvalue weighted by Crippen LogP contribution is 2.11. The van der Waals surface area contributed by atoms with Gasteiger partial charge in [0.25, 0.3) is 5.91 Å². The van der Waals surface area contributed by atoms with Gasteiger partial charge < -0.3 is 9.80 Å². The quantitative estimate of drug-likeness (QED) is 0.749. The Morgan fingerprint density at radius 2 is 2.16 bits per heavy atom. The fourth-order valence-electron chi connectivity index (χ4n) is 2.06. The Hall–Kier alpha value is -2.35. The number of rotatable bonds is 1. The summed E-state index contributed by atoms with van der Waals surface area (Å²) in [7, 11) is 1.74. The molecule has 1 saturated heterocycles. The topological polar surface area (TPSA) is 64.4 Å². The first-order valence-corrected chi connectivity index (χ1v) is 6.15. The van der Waals surface area contributed by atoms with Crippen LogP contribution >= 0.6 is 0 Å². The van der Waals surface area contributed by atoms with E-state index in [9.17, 15) is 9.59 Å². The predicted molar refractivity (Wildman–Crippen MR) is 69.3 cm³/mol. The van der Waals surface area contributed by atoms with Crippen molar-refractivity contribution in [1.29, 1.82) is 5.26 Å². The molecule has 0 bridgehead atoms. The summed E-state index contributed by atoms with van der Waals surface area (Å²) in [6, 6.07) is 8.56. The Balaban J connectivity index is 2.19. The van der Waals surface area contributed by atoms with Crippen LogP contribution < -0.4 is 0 Å². The Bertz CT molecular complexity index is 548. The molecule has 1 heterocycles. The van der Waals surface area contributed by atoms with Crippen LogP contribution in [-0.4, -0.2) is 48.3 Å². The first kappa shape index (κ1) is 13.1. The van der Waals surface area contributed by atoms with Gasteiger partial charge in [0.05, 0.1) is 11.6 Å². The van der Waals surface area contributed by atoms with Gasteiger partial charge in [-0.25, -0.2) is 0 Å². The lowest BCUT2D eigenvalue weighted by Gasteiger charge is -2.19. The first-order valence-electron chi connectivity index (χ1n) is 6.15. The lowest BCUT2D eigenvalue weighted by atomic mass is 10.1. The Labute approximate surface area is 112 Å². The second-order valence-corrected chi connectivity index (χ2v) is 4.59. The van der Waals surface area contributed by atoms with Crippen molar-refractivity contribution in [2.45, 2.75) is 6.42 Å². The van der Waals surface area contributed by atoms with Crippen LogP contribution in [0.15, 0.2) is 24.3 Å². The Morgan fingerprint density at radius 1 is 1.37 bits per heavy atom. The number of benzene rings is 1. The largest absolute Gasteiger partial charge is 0.344 e. The molecule has 19 heavy (non-hydrogen) atoms. The zero-order valence-electron chi connectivity index (χ0n) is 10.8. The zero-order chi connectivity index (χ0) is 13.8. The van der Waals surface area contributed by atoms with Crippen LogP contribution in [0.4, 0.5) is 0 Å². The van der Waals surface area contributed by atoms with E-state index in [1.165, 1.54) is 0 Å². The fourth-order valence-corrected chi connectivity index (χ4v) is 2.06. The average molecular weight is 257 g/mol. The Morgan fingerprint density at radius 3 is 2.89 bits per heavy atom. The summed E-state index contributed by atoms with van der Waals surface area (Å²) in [5.41, 5.74) is 0.903. The second-order valence-electron chi connectivity index (χ2n) is 4.59. The van der Waals surface area contributed by atoms with Gasteiger partial charge in [-0.05, 0) is 24.6 Å². The van der Waals surface area contributed by atoms with E-state index in [0.29, 0.717) is 24.2 Å². The van der Waals surface area contributed by atoms with Crippen molar-refractivity contribution in [1.82, 2.24) is 9.80 Å². The molecule has 0 N–H and O–H groups in total. The molecule has 0 aromatic heterocycles. The maximum absolute atomic E-state index is 12.3. The third-order valence-electron chi connectivity index (χ3n) is 3.20. The highest BCUT2D eigenvalue weighted by molar-refractivity contribution is 5.96. The van der Waals surface area contributed by atoms with Crippen LogP contribution in [0.25, 0.3) is 0 Å². The fraction of sp³-hybridized carbons (Fsp3) is 0.357. The first-order chi connectivity index (χ1) is 9.11. The van der Waals surface area contributed by atoms with Gasteiger partial charge in [-0.1, -0.05) is 6.07 Å². The van der Waals surface area contributed by atoms with E-state index in [-0.39, 0.29) is 18.4 Å². The van der Waals surface area contributed by atoms with Crippen LogP contribution in [0.2, 0.25) is 0 Å². The summed E-state index contributed by atoms with van der Waals surface area (Å²) in [6.07, 6.45) is 0.770. The van der Waals surface area contributed by atoms with Crippen molar-refractivity contribution < 1.29 is 9.59 Å². The molecule has 1 fully saturated rings. The van der Waals surface area contributed by atoms with E-state index in [0.717, 1.165) is 6.42 Å². The number of carbonyl (C=O) groups is 2. The summed E-state index contributed by atoms with van der Waals surface area (Å²) >= 11 is 0. The van der Waals surface area contributed by atoms with Crippen molar-refractivity contribution >= 4 is 11.8 Å². The summed E-state index contributed by atoms with van der Waals surface area (Å²) in [6.45, 7) is 1.33. The molecule has 1 aromatic rings. The molecular formula is C14H15N3O2. The number of nitriles is 1. The van der Waals surface area contributed by atoms with Crippen LogP contribution in [0, 0.1) is 11.3 Å². The summed E-state index contributed by atoms with van der Waals surface area (Å²) in [5, 5.41) is 8.84. The lowest BCUT2D eigenvalue weighted by Crippen LogP contribution is -2.38. The maximum atomic E-state index is 12.3. The summed E-state index contributed by atoms with van der Waals surface area (Å²) < 4.78 is 0. The van der Waals surface area contributed by atoms with Gasteiger partial charge in [-0.2, -0.15) is 5.26 Å². The molecule has 0 saturated carbocycles. The molecule has 0 spiro atoms. The molecule has 5 nitrogen and oxygen atoms in total. The van der Waals surface area contributed by atoms with Crippen molar-refractivity contribution in [3.8, 4) is 6.07 Å². The summed E-state index contributed by atoms with van der Waals surface area (Å²) in [5.74, 6) is -0.247. The van der Waals surface area contributed by atoms with E-state index in [2.05, 4.69) is 0 Å². The third kappa shape index (κ3) is 2.91. The molecule has 1 aliphatic rings. The van der Waals surface area contributed by atoms with Gasteiger partial charge in [0, 0.05) is 25.7 Å². The molecule has 0 unspecified atom stereocenters. The van der Waals surface area contributed by atoms with Gasteiger partial charge >= 0.3 is 0 Å². The molecular weight excluding hydrogens is 242 g/mol. The van der Waals surface area contributed by atoms with E-state index in [4.69, 9.17) is 5.26 Å². The number of hydrogen-bond donors (Lipinski definition) is 0. The zero-order valence-corrected chi connectivity index (χ0v) is 10.8. The minimum Gasteiger partial charge on any atom is -0.344 e. The molecule has 98 valence electrons. The smallest absolute Gasteiger partial charge is 0.254 e. The molecule has 5 heteroatoms. The van der Waals surface area contributed by atoms with Gasteiger partial charge in [0.1, 0.15) is 6.54 Å². The van der Waals surface area contributed by atoms with Crippen LogP contribution in [-0.2, 0) is 4.79 Å². The number of hydrogen-bond acceptors (Lipinski definition) is 3. The van der Waals surface area contributed by atoms with E-state index in [1.54, 1.807) is 41.1 Å². The number of nitrogens with zero attached hydrogens (tertiary/aromatic N) is 3. The third-order valence-corrected chi connectivity index (χ3v) is 3.20. The Kier molecular flexibility index (Phi) is 3.81. The van der Waals surface area contributed by atoms with Gasteiger partial charge in [-0.15, -0.1) is 0 Å². The summed E-state index contributed by atoms with van der Waals surface area (Å²) in [4.78, 5) is 27.3. The van der Waals surface area contributed by atoms with Gasteiger partial charge in [0.15, 0.2) is 0 Å². The lowest BCUT2D eigenvalue weighted by molar-refractivity contribution is -0.129. The molecule has 0 aliphatic carbocycles. The number of likely N-dealkylation sites (N-methyl/N-ethyl adjacent to an activating group) is 1. The number of amides is 2. The van der Waals surface area contributed by atoms with Crippen molar-refractivity contribution in [2.24, 2.45) is 0 Å². The van der Waals surface area contributed by atoms with Crippen molar-refractivity contribution in [3.05, 3.63) is 35.4 Å². The molecule has 0 atom stereocenters. The van der Waals surface area contributed by atoms with E-state index < -0.39 is 0 Å². The second kappa shape index (κ2) is 5.53. The normalized spacial score (nSPS) is 15.9. The minimum atomic E-state index is -0.194. The molecule has 1 aromatic carbocycles. The van der Waals surface area contributed by atoms with E-state index >= 15 is 0 Å². The predicted octanol–water partition coefficient (Wildman–Crippen LogP) is 0.863. The van der Waals surface area contributed by atoms with Crippen LogP contribution in [0.3, 0.4) is 0 Å². The average Bonchev–Trinajstić information content (AvgIpc) is 2.60. The standard InChI is InChI=1S/C14H15N3O2/c1-16-6-3-7-17(10-13(16)18)14(19)12-5-2-4-11(8-12)9-15/h2,4-5,8H,3,6-7,10H2,1H3. The SMILES string of the molecule is CN1CCCN(C(=O)c2cccc(C#N)c2)CC1=O.